The number of nitrogens with one attached hydrogen (secondary N) is 1. The van der Waals surface area contributed by atoms with Gasteiger partial charge in [0.2, 0.25) is 0 Å². The van der Waals surface area contributed by atoms with Gasteiger partial charge in [-0.1, -0.05) is 17.8 Å². The maximum atomic E-state index is 12.4. The SMILES string of the molecule is COc1ccc([C@H]2SC(C)=Nc3c2c(=O)[nH]n3C(C)C)cc1O. The lowest BCUT2D eigenvalue weighted by molar-refractivity contribution is 0.373. The second kappa shape index (κ2) is 5.81. The van der Waals surface area contributed by atoms with Crippen molar-refractivity contribution in [2.45, 2.75) is 32.1 Å². The molecule has 1 aliphatic heterocycles. The van der Waals surface area contributed by atoms with Crippen LogP contribution in [-0.4, -0.2) is 27.0 Å². The molecule has 0 saturated carbocycles. The predicted octanol–water partition coefficient (Wildman–Crippen LogP) is 3.36. The van der Waals surface area contributed by atoms with Gasteiger partial charge in [-0.3, -0.25) is 14.6 Å². The van der Waals surface area contributed by atoms with E-state index in [1.54, 1.807) is 16.8 Å². The van der Waals surface area contributed by atoms with E-state index in [4.69, 9.17) is 4.74 Å². The molecule has 0 amide bonds. The Bertz CT molecular complexity index is 836. The summed E-state index contributed by atoms with van der Waals surface area (Å²) < 4.78 is 6.87. The molecule has 0 unspecified atom stereocenters. The van der Waals surface area contributed by atoms with Gasteiger partial charge in [0.25, 0.3) is 5.56 Å². The molecule has 122 valence electrons. The van der Waals surface area contributed by atoms with E-state index in [1.807, 2.05) is 26.8 Å². The number of H-pyrrole nitrogens is 1. The number of hydrogen-bond donors (Lipinski definition) is 2. The maximum absolute atomic E-state index is 12.4. The summed E-state index contributed by atoms with van der Waals surface area (Å²) in [5, 5.41) is 13.6. The highest BCUT2D eigenvalue weighted by Gasteiger charge is 2.31. The van der Waals surface area contributed by atoms with Crippen molar-refractivity contribution in [2.75, 3.05) is 7.11 Å². The van der Waals surface area contributed by atoms with E-state index in [1.165, 1.54) is 18.9 Å². The fourth-order valence-corrected chi connectivity index (χ4v) is 3.78. The Morgan fingerprint density at radius 3 is 2.78 bits per heavy atom. The average Bonchev–Trinajstić information content (AvgIpc) is 2.83. The Kier molecular flexibility index (Phi) is 3.97. The number of fused-ring (bicyclic) bond motifs is 1. The Morgan fingerprint density at radius 1 is 1.43 bits per heavy atom. The van der Waals surface area contributed by atoms with E-state index in [9.17, 15) is 9.90 Å². The normalized spacial score (nSPS) is 17.1. The number of ether oxygens (including phenoxy) is 1. The molecule has 1 aromatic carbocycles. The maximum Gasteiger partial charge on any atom is 0.271 e. The minimum atomic E-state index is -0.206. The second-order valence-corrected chi connectivity index (χ2v) is 7.00. The molecular weight excluding hydrogens is 314 g/mol. The third-order valence-electron chi connectivity index (χ3n) is 3.77. The molecule has 7 heteroatoms. The molecule has 2 N–H and O–H groups in total. The summed E-state index contributed by atoms with van der Waals surface area (Å²) in [5.74, 6) is 1.14. The summed E-state index contributed by atoms with van der Waals surface area (Å²) in [4.78, 5) is 17.0. The number of aromatic nitrogens is 2. The van der Waals surface area contributed by atoms with Crippen molar-refractivity contribution >= 4 is 22.6 Å². The molecule has 23 heavy (non-hydrogen) atoms. The zero-order chi connectivity index (χ0) is 16.7. The molecule has 1 aromatic heterocycles. The monoisotopic (exact) mass is 333 g/mol. The highest BCUT2D eigenvalue weighted by atomic mass is 32.2. The Morgan fingerprint density at radius 2 is 2.17 bits per heavy atom. The number of aromatic amines is 1. The summed E-state index contributed by atoms with van der Waals surface area (Å²) in [6, 6.07) is 5.33. The number of aromatic hydroxyl groups is 1. The van der Waals surface area contributed by atoms with Crippen LogP contribution in [0.15, 0.2) is 28.0 Å². The fraction of sp³-hybridized carbons (Fsp3) is 0.375. The second-order valence-electron chi connectivity index (χ2n) is 5.70. The van der Waals surface area contributed by atoms with Gasteiger partial charge in [0.05, 0.1) is 23.0 Å². The average molecular weight is 333 g/mol. The van der Waals surface area contributed by atoms with Crippen LogP contribution in [0.2, 0.25) is 0 Å². The van der Waals surface area contributed by atoms with Gasteiger partial charge in [-0.15, -0.1) is 0 Å². The molecule has 0 radical (unpaired) electrons. The lowest BCUT2D eigenvalue weighted by atomic mass is 10.1. The number of aliphatic imine (C=N–C) groups is 1. The number of hydrogen-bond acceptors (Lipinski definition) is 5. The smallest absolute Gasteiger partial charge is 0.271 e. The van der Waals surface area contributed by atoms with Crippen LogP contribution in [0.3, 0.4) is 0 Å². The number of phenols is 1. The lowest BCUT2D eigenvalue weighted by Crippen LogP contribution is -2.13. The third-order valence-corrected chi connectivity index (χ3v) is 4.95. The van der Waals surface area contributed by atoms with Crippen LogP contribution in [0.5, 0.6) is 11.5 Å². The van der Waals surface area contributed by atoms with Gasteiger partial charge in [-0.25, -0.2) is 4.99 Å². The molecule has 0 fully saturated rings. The number of thioether (sulfide) groups is 1. The van der Waals surface area contributed by atoms with Gasteiger partial charge in [0.1, 0.15) is 0 Å². The van der Waals surface area contributed by atoms with Gasteiger partial charge in [0.15, 0.2) is 17.3 Å². The van der Waals surface area contributed by atoms with Gasteiger partial charge >= 0.3 is 0 Å². The van der Waals surface area contributed by atoms with Crippen LogP contribution in [0.25, 0.3) is 0 Å². The molecular formula is C16H19N3O3S. The van der Waals surface area contributed by atoms with Gasteiger partial charge in [-0.05, 0) is 38.5 Å². The van der Waals surface area contributed by atoms with E-state index in [0.29, 0.717) is 17.1 Å². The Labute approximate surface area is 138 Å². The summed E-state index contributed by atoms with van der Waals surface area (Å²) in [7, 11) is 1.51. The van der Waals surface area contributed by atoms with Crippen LogP contribution in [-0.2, 0) is 0 Å². The largest absolute Gasteiger partial charge is 0.504 e. The van der Waals surface area contributed by atoms with Crippen molar-refractivity contribution in [1.82, 2.24) is 9.78 Å². The minimum Gasteiger partial charge on any atom is -0.504 e. The van der Waals surface area contributed by atoms with Gasteiger partial charge < -0.3 is 9.84 Å². The van der Waals surface area contributed by atoms with E-state index in [2.05, 4.69) is 10.1 Å². The first-order valence-electron chi connectivity index (χ1n) is 7.35. The third kappa shape index (κ3) is 2.65. The molecule has 2 aromatic rings. The van der Waals surface area contributed by atoms with Crippen LogP contribution in [0, 0.1) is 0 Å². The quantitative estimate of drug-likeness (QED) is 0.902. The van der Waals surface area contributed by atoms with E-state index < -0.39 is 0 Å². The minimum absolute atomic E-state index is 0.0621. The van der Waals surface area contributed by atoms with Crippen LogP contribution >= 0.6 is 11.8 Å². The zero-order valence-corrected chi connectivity index (χ0v) is 14.3. The van der Waals surface area contributed by atoms with E-state index in [0.717, 1.165) is 10.6 Å². The summed E-state index contributed by atoms with van der Waals surface area (Å²) in [6.07, 6.45) is 0. The van der Waals surface area contributed by atoms with Gasteiger partial charge in [0, 0.05) is 6.04 Å². The van der Waals surface area contributed by atoms with Gasteiger partial charge in [-0.2, -0.15) is 0 Å². The highest BCUT2D eigenvalue weighted by molar-refractivity contribution is 8.14. The van der Waals surface area contributed by atoms with Crippen molar-refractivity contribution < 1.29 is 9.84 Å². The Balaban J connectivity index is 2.15. The van der Waals surface area contributed by atoms with Crippen LogP contribution in [0.4, 0.5) is 5.82 Å². The molecule has 2 heterocycles. The summed E-state index contributed by atoms with van der Waals surface area (Å²) in [6.45, 7) is 5.92. The molecule has 0 saturated heterocycles. The zero-order valence-electron chi connectivity index (χ0n) is 13.5. The molecule has 0 bridgehead atoms. The topological polar surface area (TPSA) is 79.6 Å². The Hall–Kier alpha value is -2.15. The van der Waals surface area contributed by atoms with Crippen LogP contribution in [0.1, 0.15) is 43.2 Å². The molecule has 1 aliphatic rings. The molecule has 0 spiro atoms. The first kappa shape index (κ1) is 15.7. The summed E-state index contributed by atoms with van der Waals surface area (Å²) >= 11 is 1.51. The molecule has 1 atom stereocenters. The van der Waals surface area contributed by atoms with Crippen molar-refractivity contribution in [2.24, 2.45) is 4.99 Å². The number of benzene rings is 1. The number of nitrogens with zero attached hydrogens (tertiary/aromatic N) is 2. The molecule has 6 nitrogen and oxygen atoms in total. The first-order chi connectivity index (χ1) is 10.9. The van der Waals surface area contributed by atoms with Crippen molar-refractivity contribution in [3.8, 4) is 11.5 Å². The predicted molar refractivity (Wildman–Crippen MR) is 92.3 cm³/mol. The lowest BCUT2D eigenvalue weighted by Gasteiger charge is -2.22. The van der Waals surface area contributed by atoms with Crippen LogP contribution < -0.4 is 10.3 Å². The summed E-state index contributed by atoms with van der Waals surface area (Å²) in [5.41, 5.74) is 1.33. The number of rotatable bonds is 3. The number of methoxy groups -OCH3 is 1. The number of phenolic OH excluding ortho intramolecular Hbond substituents is 1. The van der Waals surface area contributed by atoms with Crippen molar-refractivity contribution in [3.63, 3.8) is 0 Å². The molecule has 0 aliphatic carbocycles. The standard InChI is InChI=1S/C16H19N3O3S/c1-8(2)19-15-13(16(21)18-19)14(23-9(3)17-15)10-5-6-12(22-4)11(20)7-10/h5-8,14,20H,1-4H3,(H,18,21)/t14-/m1/s1. The van der Waals surface area contributed by atoms with E-state index >= 15 is 0 Å². The fourth-order valence-electron chi connectivity index (χ4n) is 2.69. The van der Waals surface area contributed by atoms with Crippen molar-refractivity contribution in [3.05, 3.63) is 39.7 Å². The first-order valence-corrected chi connectivity index (χ1v) is 8.23. The van der Waals surface area contributed by atoms with E-state index in [-0.39, 0.29) is 22.6 Å². The molecule has 3 rings (SSSR count). The van der Waals surface area contributed by atoms with Crippen molar-refractivity contribution in [1.29, 1.82) is 0 Å². The highest BCUT2D eigenvalue weighted by Crippen LogP contribution is 2.45.